The molecule has 1 N–H and O–H groups in total. The molecular formula is C14H17ClF3N3O. The van der Waals surface area contributed by atoms with Crippen LogP contribution in [0.4, 0.5) is 13.2 Å². The summed E-state index contributed by atoms with van der Waals surface area (Å²) >= 11 is 0. The first-order chi connectivity index (χ1) is 9.90. The van der Waals surface area contributed by atoms with Gasteiger partial charge in [0.15, 0.2) is 0 Å². The van der Waals surface area contributed by atoms with Crippen molar-refractivity contribution in [1.82, 2.24) is 15.1 Å². The maximum Gasteiger partial charge on any atom is 0.433 e. The molecule has 8 heteroatoms. The molecular weight excluding hydrogens is 319 g/mol. The third kappa shape index (κ3) is 4.64. The number of methoxy groups -OCH3 is 1. The van der Waals surface area contributed by atoms with E-state index in [0.717, 1.165) is 22.1 Å². The van der Waals surface area contributed by atoms with E-state index < -0.39 is 11.9 Å². The van der Waals surface area contributed by atoms with E-state index in [0.29, 0.717) is 12.2 Å². The number of hydrogen-bond acceptors (Lipinski definition) is 3. The zero-order valence-corrected chi connectivity index (χ0v) is 13.0. The van der Waals surface area contributed by atoms with Gasteiger partial charge in [0.1, 0.15) is 11.4 Å². The van der Waals surface area contributed by atoms with Crippen LogP contribution in [0.1, 0.15) is 17.0 Å². The SMILES string of the molecule is COc1cccc(CNCc2cc(C(F)(F)F)n(C)n2)c1.Cl. The summed E-state index contributed by atoms with van der Waals surface area (Å²) in [6.45, 7) is 0.788. The van der Waals surface area contributed by atoms with Crippen molar-refractivity contribution in [2.24, 2.45) is 7.05 Å². The van der Waals surface area contributed by atoms with E-state index in [2.05, 4.69) is 10.4 Å². The van der Waals surface area contributed by atoms with Crippen molar-refractivity contribution in [1.29, 1.82) is 0 Å². The normalized spacial score (nSPS) is 11.1. The minimum absolute atomic E-state index is 0. The molecule has 1 aromatic carbocycles. The lowest BCUT2D eigenvalue weighted by Gasteiger charge is -2.05. The molecule has 0 aliphatic rings. The lowest BCUT2D eigenvalue weighted by atomic mass is 10.2. The average Bonchev–Trinajstić information content (AvgIpc) is 2.80. The molecule has 0 amide bonds. The third-order valence-electron chi connectivity index (χ3n) is 2.99. The van der Waals surface area contributed by atoms with E-state index in [-0.39, 0.29) is 19.0 Å². The average molecular weight is 336 g/mol. The lowest BCUT2D eigenvalue weighted by molar-refractivity contribution is -0.143. The number of hydrogen-bond donors (Lipinski definition) is 1. The van der Waals surface area contributed by atoms with Crippen LogP contribution in [0.15, 0.2) is 30.3 Å². The summed E-state index contributed by atoms with van der Waals surface area (Å²) in [4.78, 5) is 0. The van der Waals surface area contributed by atoms with Crippen LogP contribution in [0.25, 0.3) is 0 Å². The molecule has 0 radical (unpaired) electrons. The van der Waals surface area contributed by atoms with Crippen molar-refractivity contribution in [2.45, 2.75) is 19.3 Å². The maximum atomic E-state index is 12.6. The maximum absolute atomic E-state index is 12.6. The van der Waals surface area contributed by atoms with E-state index in [1.54, 1.807) is 7.11 Å². The summed E-state index contributed by atoms with van der Waals surface area (Å²) in [5.41, 5.74) is 0.592. The monoisotopic (exact) mass is 335 g/mol. The minimum Gasteiger partial charge on any atom is -0.497 e. The molecule has 22 heavy (non-hydrogen) atoms. The standard InChI is InChI=1S/C14H16F3N3O.ClH/c1-20-13(14(15,16)17)7-11(19-20)9-18-8-10-4-3-5-12(6-10)21-2;/h3-7,18H,8-9H2,1-2H3;1H. The van der Waals surface area contributed by atoms with Crippen molar-refractivity contribution in [3.05, 3.63) is 47.3 Å². The zero-order valence-electron chi connectivity index (χ0n) is 12.1. The van der Waals surface area contributed by atoms with E-state index in [4.69, 9.17) is 4.74 Å². The second-order valence-electron chi connectivity index (χ2n) is 4.60. The number of nitrogens with one attached hydrogen (secondary N) is 1. The van der Waals surface area contributed by atoms with Gasteiger partial charge in [0.25, 0.3) is 0 Å². The van der Waals surface area contributed by atoms with Crippen LogP contribution in [-0.4, -0.2) is 16.9 Å². The first-order valence-corrected chi connectivity index (χ1v) is 6.34. The highest BCUT2D eigenvalue weighted by Crippen LogP contribution is 2.29. The smallest absolute Gasteiger partial charge is 0.433 e. The Balaban J connectivity index is 0.00000242. The molecule has 0 saturated carbocycles. The number of nitrogens with zero attached hydrogens (tertiary/aromatic N) is 2. The summed E-state index contributed by atoms with van der Waals surface area (Å²) in [6.07, 6.45) is -4.38. The molecule has 4 nitrogen and oxygen atoms in total. The quantitative estimate of drug-likeness (QED) is 0.912. The Morgan fingerprint density at radius 3 is 2.55 bits per heavy atom. The van der Waals surface area contributed by atoms with Gasteiger partial charge in [-0.25, -0.2) is 0 Å². The molecule has 0 aliphatic heterocycles. The Hall–Kier alpha value is -1.73. The third-order valence-corrected chi connectivity index (χ3v) is 2.99. The highest BCUT2D eigenvalue weighted by molar-refractivity contribution is 5.85. The molecule has 2 rings (SSSR count). The number of aryl methyl sites for hydroxylation is 1. The number of benzene rings is 1. The molecule has 0 bridgehead atoms. The predicted octanol–water partition coefficient (Wildman–Crippen LogP) is 3.16. The Labute approximate surface area is 132 Å². The highest BCUT2D eigenvalue weighted by Gasteiger charge is 2.34. The van der Waals surface area contributed by atoms with Gasteiger partial charge >= 0.3 is 6.18 Å². The van der Waals surface area contributed by atoms with Crippen molar-refractivity contribution >= 4 is 12.4 Å². The second-order valence-corrected chi connectivity index (χ2v) is 4.60. The Kier molecular flexibility index (Phi) is 6.25. The van der Waals surface area contributed by atoms with E-state index in [1.165, 1.54) is 7.05 Å². The van der Waals surface area contributed by atoms with Gasteiger partial charge in [0, 0.05) is 20.1 Å². The Morgan fingerprint density at radius 1 is 1.23 bits per heavy atom. The van der Waals surface area contributed by atoms with Crippen molar-refractivity contribution < 1.29 is 17.9 Å². The molecule has 0 spiro atoms. The van der Waals surface area contributed by atoms with E-state index in [9.17, 15) is 13.2 Å². The van der Waals surface area contributed by atoms with Crippen LogP contribution in [0.3, 0.4) is 0 Å². The number of rotatable bonds is 5. The Morgan fingerprint density at radius 2 is 1.95 bits per heavy atom. The van der Waals surface area contributed by atoms with Gasteiger partial charge in [-0.2, -0.15) is 18.3 Å². The van der Waals surface area contributed by atoms with Crippen LogP contribution in [0.5, 0.6) is 5.75 Å². The number of ether oxygens (including phenoxy) is 1. The summed E-state index contributed by atoms with van der Waals surface area (Å²) in [5, 5.41) is 6.91. The van der Waals surface area contributed by atoms with Crippen LogP contribution in [0.2, 0.25) is 0 Å². The predicted molar refractivity (Wildman–Crippen MR) is 79.0 cm³/mol. The highest BCUT2D eigenvalue weighted by atomic mass is 35.5. The summed E-state index contributed by atoms with van der Waals surface area (Å²) in [6, 6.07) is 8.52. The lowest BCUT2D eigenvalue weighted by Crippen LogP contribution is -2.13. The van der Waals surface area contributed by atoms with Crippen LogP contribution < -0.4 is 10.1 Å². The van der Waals surface area contributed by atoms with Crippen LogP contribution in [-0.2, 0) is 26.3 Å². The van der Waals surface area contributed by atoms with Crippen LogP contribution >= 0.6 is 12.4 Å². The summed E-state index contributed by atoms with van der Waals surface area (Å²) in [5.74, 6) is 0.742. The molecule has 1 aromatic heterocycles. The number of alkyl halides is 3. The topological polar surface area (TPSA) is 39.1 Å². The van der Waals surface area contributed by atoms with Gasteiger partial charge in [-0.05, 0) is 23.8 Å². The fourth-order valence-corrected chi connectivity index (χ4v) is 2.00. The van der Waals surface area contributed by atoms with Gasteiger partial charge < -0.3 is 10.1 Å². The second kappa shape index (κ2) is 7.51. The van der Waals surface area contributed by atoms with Crippen LogP contribution in [0, 0.1) is 0 Å². The zero-order chi connectivity index (χ0) is 15.5. The fourth-order valence-electron chi connectivity index (χ4n) is 2.00. The van der Waals surface area contributed by atoms with Crippen molar-refractivity contribution in [2.75, 3.05) is 7.11 Å². The summed E-state index contributed by atoms with van der Waals surface area (Å²) < 4.78 is 43.9. The molecule has 0 saturated heterocycles. The van der Waals surface area contributed by atoms with Gasteiger partial charge in [0.05, 0.1) is 12.8 Å². The van der Waals surface area contributed by atoms with Crippen molar-refractivity contribution in [3.8, 4) is 5.75 Å². The molecule has 0 fully saturated rings. The van der Waals surface area contributed by atoms with Gasteiger partial charge in [0.2, 0.25) is 0 Å². The van der Waals surface area contributed by atoms with E-state index >= 15 is 0 Å². The molecule has 0 unspecified atom stereocenters. The van der Waals surface area contributed by atoms with Gasteiger partial charge in [-0.3, -0.25) is 4.68 Å². The molecule has 0 aliphatic carbocycles. The Bertz CT molecular complexity index is 614. The van der Waals surface area contributed by atoms with E-state index in [1.807, 2.05) is 24.3 Å². The number of halogens is 4. The molecule has 1 heterocycles. The molecule has 122 valence electrons. The fraction of sp³-hybridized carbons (Fsp3) is 0.357. The van der Waals surface area contributed by atoms with Gasteiger partial charge in [-0.1, -0.05) is 12.1 Å². The summed E-state index contributed by atoms with van der Waals surface area (Å²) in [7, 11) is 2.87. The molecule has 2 aromatic rings. The minimum atomic E-state index is -4.38. The number of aromatic nitrogens is 2. The first-order valence-electron chi connectivity index (χ1n) is 6.34. The first kappa shape index (κ1) is 18.3. The molecule has 0 atom stereocenters. The van der Waals surface area contributed by atoms with Gasteiger partial charge in [-0.15, -0.1) is 12.4 Å². The largest absolute Gasteiger partial charge is 0.497 e. The van der Waals surface area contributed by atoms with Crippen molar-refractivity contribution in [3.63, 3.8) is 0 Å².